The van der Waals surface area contributed by atoms with Gasteiger partial charge < -0.3 is 10.5 Å². The minimum absolute atomic E-state index is 0.0285. The van der Waals surface area contributed by atoms with Gasteiger partial charge in [-0.05, 0) is 36.3 Å². The zero-order valence-electron chi connectivity index (χ0n) is 12.6. The van der Waals surface area contributed by atoms with Crippen LogP contribution in [0.5, 0.6) is 0 Å². The van der Waals surface area contributed by atoms with Gasteiger partial charge in [-0.25, -0.2) is 8.78 Å². The van der Waals surface area contributed by atoms with Gasteiger partial charge in [0.05, 0.1) is 6.04 Å². The fourth-order valence-corrected chi connectivity index (χ4v) is 1.65. The van der Waals surface area contributed by atoms with Crippen molar-refractivity contribution in [3.8, 4) is 0 Å². The maximum Gasteiger partial charge on any atom is 0.461 e. The second kappa shape index (κ2) is 8.05. The summed E-state index contributed by atoms with van der Waals surface area (Å²) >= 11 is 0. The molecule has 0 bridgehead atoms. The highest BCUT2D eigenvalue weighted by atomic mass is 19.3. The summed E-state index contributed by atoms with van der Waals surface area (Å²) in [6.45, 7) is 4.43. The van der Waals surface area contributed by atoms with Crippen LogP contribution in [-0.4, -0.2) is 12.5 Å². The highest BCUT2D eigenvalue weighted by Crippen LogP contribution is 2.29. The van der Waals surface area contributed by atoms with Crippen LogP contribution >= 0.6 is 0 Å². The van der Waals surface area contributed by atoms with E-state index in [4.69, 9.17) is 5.73 Å². The number of allylic oxidation sites excluding steroid dienone is 2. The Morgan fingerprint density at radius 1 is 1.21 bits per heavy atom. The van der Waals surface area contributed by atoms with Crippen LogP contribution in [-0.2, 0) is 4.74 Å². The average molecular weight is 351 g/mol. The topological polar surface area (TPSA) is 35.2 Å². The van der Waals surface area contributed by atoms with Crippen LogP contribution in [0.3, 0.4) is 0 Å². The summed E-state index contributed by atoms with van der Waals surface area (Å²) in [4.78, 5) is 0. The molecule has 0 heterocycles. The van der Waals surface area contributed by atoms with Crippen LogP contribution in [0.25, 0.3) is 0 Å². The van der Waals surface area contributed by atoms with E-state index in [1.807, 2.05) is 0 Å². The lowest BCUT2D eigenvalue weighted by Gasteiger charge is -2.19. The standard InChI is InChI=1S/C16H15F6NO/c1-9(14(23)11-3-5-12(18)6-4-11)7-13(8-10(2)17)24-16(21,22)15(19)20/h3-8,14-15H,1,23H2,2H3/b10-8+,13-7+/t14-/m0/s1. The number of benzene rings is 1. The van der Waals surface area contributed by atoms with E-state index >= 15 is 0 Å². The quantitative estimate of drug-likeness (QED) is 0.426. The van der Waals surface area contributed by atoms with E-state index in [0.717, 1.165) is 25.1 Å². The predicted octanol–water partition coefficient (Wildman–Crippen LogP) is 5.01. The largest absolute Gasteiger partial charge is 0.461 e. The molecular formula is C16H15F6NO. The van der Waals surface area contributed by atoms with Gasteiger partial charge in [0.1, 0.15) is 17.4 Å². The van der Waals surface area contributed by atoms with Crippen LogP contribution in [0, 0.1) is 5.82 Å². The number of alkyl halides is 4. The number of ether oxygens (including phenoxy) is 1. The molecule has 0 aromatic heterocycles. The first-order valence-electron chi connectivity index (χ1n) is 6.63. The van der Waals surface area contributed by atoms with Crippen molar-refractivity contribution in [2.75, 3.05) is 0 Å². The van der Waals surface area contributed by atoms with Crippen LogP contribution in [0.15, 0.2) is 60.2 Å². The van der Waals surface area contributed by atoms with Gasteiger partial charge in [0.25, 0.3) is 0 Å². The molecule has 24 heavy (non-hydrogen) atoms. The molecule has 0 aliphatic rings. The lowest BCUT2D eigenvalue weighted by Crippen LogP contribution is -2.29. The van der Waals surface area contributed by atoms with E-state index in [9.17, 15) is 26.3 Å². The highest BCUT2D eigenvalue weighted by molar-refractivity contribution is 5.35. The van der Waals surface area contributed by atoms with E-state index in [2.05, 4.69) is 11.3 Å². The molecule has 1 aromatic carbocycles. The van der Waals surface area contributed by atoms with Crippen molar-refractivity contribution in [3.05, 3.63) is 71.5 Å². The van der Waals surface area contributed by atoms with Gasteiger partial charge in [-0.1, -0.05) is 18.7 Å². The number of halogens is 6. The summed E-state index contributed by atoms with van der Waals surface area (Å²) < 4.78 is 80.1. The smallest absolute Gasteiger partial charge is 0.428 e. The Bertz CT molecular complexity index is 632. The molecule has 0 saturated carbocycles. The van der Waals surface area contributed by atoms with Crippen molar-refractivity contribution in [2.24, 2.45) is 5.73 Å². The van der Waals surface area contributed by atoms with Gasteiger partial charge in [0, 0.05) is 6.08 Å². The van der Waals surface area contributed by atoms with Gasteiger partial charge in [-0.3, -0.25) is 0 Å². The fraction of sp³-hybridized carbons (Fsp3) is 0.250. The van der Waals surface area contributed by atoms with Gasteiger partial charge in [-0.2, -0.15) is 17.6 Å². The minimum Gasteiger partial charge on any atom is -0.428 e. The number of hydrogen-bond acceptors (Lipinski definition) is 2. The van der Waals surface area contributed by atoms with Crippen LogP contribution in [0.4, 0.5) is 26.3 Å². The zero-order chi connectivity index (χ0) is 18.5. The zero-order valence-corrected chi connectivity index (χ0v) is 12.6. The molecule has 0 fully saturated rings. The third-order valence-corrected chi connectivity index (χ3v) is 2.81. The summed E-state index contributed by atoms with van der Waals surface area (Å²) in [5.74, 6) is -2.33. The van der Waals surface area contributed by atoms with E-state index in [-0.39, 0.29) is 5.57 Å². The third kappa shape index (κ3) is 5.77. The first-order valence-corrected chi connectivity index (χ1v) is 6.63. The Balaban J connectivity index is 3.06. The van der Waals surface area contributed by atoms with Gasteiger partial charge >= 0.3 is 12.5 Å². The van der Waals surface area contributed by atoms with Crippen molar-refractivity contribution in [3.63, 3.8) is 0 Å². The molecular weight excluding hydrogens is 336 g/mol. The Hall–Kier alpha value is -2.22. The second-order valence-electron chi connectivity index (χ2n) is 4.85. The number of hydrogen-bond donors (Lipinski definition) is 1. The monoisotopic (exact) mass is 351 g/mol. The van der Waals surface area contributed by atoms with Crippen molar-refractivity contribution >= 4 is 0 Å². The van der Waals surface area contributed by atoms with E-state index in [1.165, 1.54) is 12.1 Å². The Labute approximate surface area is 134 Å². The minimum atomic E-state index is -4.81. The van der Waals surface area contributed by atoms with E-state index in [1.54, 1.807) is 0 Å². The normalized spacial score (nSPS) is 14.7. The lowest BCUT2D eigenvalue weighted by molar-refractivity contribution is -0.279. The summed E-state index contributed by atoms with van der Waals surface area (Å²) in [6, 6.07) is 3.96. The molecule has 0 radical (unpaired) electrons. The molecule has 0 saturated heterocycles. The summed E-state index contributed by atoms with van der Waals surface area (Å²) in [5.41, 5.74) is 6.18. The molecule has 2 nitrogen and oxygen atoms in total. The van der Waals surface area contributed by atoms with Gasteiger partial charge in [0.2, 0.25) is 0 Å². The van der Waals surface area contributed by atoms with Crippen molar-refractivity contribution in [1.29, 1.82) is 0 Å². The predicted molar refractivity (Wildman–Crippen MR) is 77.5 cm³/mol. The summed E-state index contributed by atoms with van der Waals surface area (Å²) in [5, 5.41) is 0. The molecule has 2 N–H and O–H groups in total. The van der Waals surface area contributed by atoms with Crippen molar-refractivity contribution in [2.45, 2.75) is 25.5 Å². The SMILES string of the molecule is C=C(/C=C(\C=C(/C)F)OC(F)(F)C(F)F)[C@H](N)c1ccc(F)cc1. The molecule has 0 aliphatic heterocycles. The first-order chi connectivity index (χ1) is 11.0. The maximum atomic E-state index is 13.0. The molecule has 1 aromatic rings. The van der Waals surface area contributed by atoms with Gasteiger partial charge in [-0.15, -0.1) is 0 Å². The average Bonchev–Trinajstić information content (AvgIpc) is 2.45. The molecule has 0 aliphatic carbocycles. The molecule has 1 atom stereocenters. The highest BCUT2D eigenvalue weighted by Gasteiger charge is 2.44. The Morgan fingerprint density at radius 2 is 1.75 bits per heavy atom. The third-order valence-electron chi connectivity index (χ3n) is 2.81. The lowest BCUT2D eigenvalue weighted by atomic mass is 10.00. The molecule has 132 valence electrons. The molecule has 0 spiro atoms. The summed E-state index contributed by atoms with van der Waals surface area (Å²) in [6.07, 6.45) is -7.60. The first kappa shape index (κ1) is 19.8. The van der Waals surface area contributed by atoms with Crippen LogP contribution < -0.4 is 5.73 Å². The molecule has 1 rings (SSSR count). The van der Waals surface area contributed by atoms with Crippen LogP contribution in [0.2, 0.25) is 0 Å². The van der Waals surface area contributed by atoms with Gasteiger partial charge in [0.15, 0.2) is 0 Å². The summed E-state index contributed by atoms with van der Waals surface area (Å²) in [7, 11) is 0. The molecule has 0 amide bonds. The fourth-order valence-electron chi connectivity index (χ4n) is 1.65. The molecule has 0 unspecified atom stereocenters. The number of nitrogens with two attached hydrogens (primary N) is 1. The van der Waals surface area contributed by atoms with Crippen molar-refractivity contribution in [1.82, 2.24) is 0 Å². The maximum absolute atomic E-state index is 13.0. The van der Waals surface area contributed by atoms with Crippen LogP contribution in [0.1, 0.15) is 18.5 Å². The Kier molecular flexibility index (Phi) is 6.65. The van der Waals surface area contributed by atoms with E-state index in [0.29, 0.717) is 11.6 Å². The van der Waals surface area contributed by atoms with Crippen molar-refractivity contribution < 1.29 is 31.1 Å². The van der Waals surface area contributed by atoms with E-state index < -0.39 is 36.0 Å². The number of rotatable bonds is 7. The Morgan fingerprint density at radius 3 is 2.21 bits per heavy atom. The molecule has 8 heteroatoms. The second-order valence-corrected chi connectivity index (χ2v) is 4.85.